The summed E-state index contributed by atoms with van der Waals surface area (Å²) in [6.45, 7) is 0.818. The van der Waals surface area contributed by atoms with Crippen LogP contribution >= 0.6 is 12.4 Å². The molecule has 3 heterocycles. The molecule has 4 nitrogen and oxygen atoms in total. The number of hydrogen-bond acceptors (Lipinski definition) is 3. The van der Waals surface area contributed by atoms with Gasteiger partial charge in [-0.05, 0) is 31.4 Å². The first-order valence-corrected chi connectivity index (χ1v) is 6.71. The van der Waals surface area contributed by atoms with Gasteiger partial charge in [-0.25, -0.2) is 4.39 Å². The summed E-state index contributed by atoms with van der Waals surface area (Å²) < 4.78 is 15.8. The van der Waals surface area contributed by atoms with E-state index < -0.39 is 0 Å². The van der Waals surface area contributed by atoms with Crippen molar-refractivity contribution in [3.63, 3.8) is 0 Å². The van der Waals surface area contributed by atoms with Crippen molar-refractivity contribution in [2.45, 2.75) is 37.8 Å². The summed E-state index contributed by atoms with van der Waals surface area (Å²) in [4.78, 5) is 4.17. The number of fused-ring (bicyclic) bond motifs is 1. The van der Waals surface area contributed by atoms with E-state index >= 15 is 0 Å². The van der Waals surface area contributed by atoms with Crippen LogP contribution in [-0.2, 0) is 6.54 Å². The molecule has 0 radical (unpaired) electrons. The van der Waals surface area contributed by atoms with Crippen molar-refractivity contribution >= 4 is 12.4 Å². The molecule has 2 aromatic heterocycles. The normalized spacial score (nSPS) is 20.6. The van der Waals surface area contributed by atoms with Gasteiger partial charge < -0.3 is 5.73 Å². The number of pyridine rings is 1. The van der Waals surface area contributed by atoms with Gasteiger partial charge in [0.15, 0.2) is 5.82 Å². The second-order valence-electron chi connectivity index (χ2n) is 5.44. The van der Waals surface area contributed by atoms with Crippen LogP contribution in [0, 0.1) is 5.82 Å². The van der Waals surface area contributed by atoms with Gasteiger partial charge in [-0.2, -0.15) is 5.10 Å². The van der Waals surface area contributed by atoms with Gasteiger partial charge in [0.1, 0.15) is 0 Å². The Morgan fingerprint density at radius 2 is 2.05 bits per heavy atom. The van der Waals surface area contributed by atoms with E-state index in [2.05, 4.69) is 10.1 Å². The Morgan fingerprint density at radius 1 is 1.25 bits per heavy atom. The van der Waals surface area contributed by atoms with Crippen LogP contribution in [0.2, 0.25) is 0 Å². The standard InChI is InChI=1S/C14H15FN4.ClH/c15-10-7-17-12(8-1-2-8)5-9(10)13-6-14-11(16)3-4-19(14)18-13;/h5-8,11H,1-4,16H2;1H/t11-;/m0./s1. The lowest BCUT2D eigenvalue weighted by molar-refractivity contribution is 0.617. The molecule has 2 aliphatic rings. The fraction of sp³-hybridized carbons (Fsp3) is 0.429. The highest BCUT2D eigenvalue weighted by Gasteiger charge is 2.27. The minimum absolute atomic E-state index is 0. The van der Waals surface area contributed by atoms with Gasteiger partial charge in [0.05, 0.1) is 17.6 Å². The molecule has 0 unspecified atom stereocenters. The van der Waals surface area contributed by atoms with E-state index in [0.29, 0.717) is 17.2 Å². The molecule has 0 bridgehead atoms. The Morgan fingerprint density at radius 3 is 2.75 bits per heavy atom. The van der Waals surface area contributed by atoms with Crippen LogP contribution in [0.25, 0.3) is 11.3 Å². The topological polar surface area (TPSA) is 56.7 Å². The average Bonchev–Trinajstić information content (AvgIpc) is 3.07. The summed E-state index contributed by atoms with van der Waals surface area (Å²) in [5.41, 5.74) is 9.20. The number of nitrogens with zero attached hydrogens (tertiary/aromatic N) is 3. The molecule has 4 rings (SSSR count). The van der Waals surface area contributed by atoms with Gasteiger partial charge in [-0.15, -0.1) is 12.4 Å². The Bertz CT molecular complexity index is 651. The highest BCUT2D eigenvalue weighted by Crippen LogP contribution is 2.40. The van der Waals surface area contributed by atoms with Gasteiger partial charge in [-0.3, -0.25) is 9.67 Å². The second kappa shape index (κ2) is 4.82. The summed E-state index contributed by atoms with van der Waals surface area (Å²) in [5.74, 6) is 0.200. The van der Waals surface area contributed by atoms with Crippen LogP contribution in [0.15, 0.2) is 18.3 Å². The Balaban J connectivity index is 0.00000121. The third kappa shape index (κ3) is 2.11. The van der Waals surface area contributed by atoms with Crippen molar-refractivity contribution in [3.8, 4) is 11.3 Å². The number of nitrogens with two attached hydrogens (primary N) is 1. The van der Waals surface area contributed by atoms with E-state index in [4.69, 9.17) is 5.73 Å². The summed E-state index contributed by atoms with van der Waals surface area (Å²) in [6.07, 6.45) is 4.54. The van der Waals surface area contributed by atoms with Crippen LogP contribution in [0.1, 0.15) is 42.6 Å². The molecule has 0 spiro atoms. The van der Waals surface area contributed by atoms with Crippen molar-refractivity contribution in [1.29, 1.82) is 0 Å². The maximum atomic E-state index is 14.0. The third-order valence-electron chi connectivity index (χ3n) is 3.99. The van der Waals surface area contributed by atoms with E-state index in [1.165, 1.54) is 6.20 Å². The number of aromatic nitrogens is 3. The first kappa shape index (κ1) is 13.5. The van der Waals surface area contributed by atoms with E-state index in [0.717, 1.165) is 37.2 Å². The Hall–Kier alpha value is -1.46. The fourth-order valence-electron chi connectivity index (χ4n) is 2.70. The average molecular weight is 295 g/mol. The van der Waals surface area contributed by atoms with Crippen molar-refractivity contribution in [2.24, 2.45) is 5.73 Å². The van der Waals surface area contributed by atoms with Gasteiger partial charge in [-0.1, -0.05) is 0 Å². The monoisotopic (exact) mass is 294 g/mol. The molecule has 6 heteroatoms. The zero-order chi connectivity index (χ0) is 13.0. The smallest absolute Gasteiger partial charge is 0.150 e. The largest absolute Gasteiger partial charge is 0.323 e. The first-order chi connectivity index (χ1) is 9.22. The highest BCUT2D eigenvalue weighted by molar-refractivity contribution is 5.85. The van der Waals surface area contributed by atoms with Crippen LogP contribution in [0.5, 0.6) is 0 Å². The van der Waals surface area contributed by atoms with Gasteiger partial charge in [0.2, 0.25) is 0 Å². The molecule has 1 atom stereocenters. The quantitative estimate of drug-likeness (QED) is 0.926. The molecule has 0 aromatic carbocycles. The molecule has 1 aliphatic carbocycles. The summed E-state index contributed by atoms with van der Waals surface area (Å²) >= 11 is 0. The molecule has 2 N–H and O–H groups in total. The predicted molar refractivity (Wildman–Crippen MR) is 76.2 cm³/mol. The van der Waals surface area contributed by atoms with Gasteiger partial charge in [0, 0.05) is 29.8 Å². The minimum Gasteiger partial charge on any atom is -0.323 e. The predicted octanol–water partition coefficient (Wildman–Crippen LogP) is 2.79. The van der Waals surface area contributed by atoms with Crippen molar-refractivity contribution < 1.29 is 4.39 Å². The maximum Gasteiger partial charge on any atom is 0.150 e. The molecule has 1 aliphatic heterocycles. The molecule has 2 aromatic rings. The summed E-state index contributed by atoms with van der Waals surface area (Å²) in [7, 11) is 0. The zero-order valence-electron chi connectivity index (χ0n) is 10.9. The van der Waals surface area contributed by atoms with Crippen molar-refractivity contribution in [3.05, 3.63) is 35.5 Å². The number of rotatable bonds is 2. The summed E-state index contributed by atoms with van der Waals surface area (Å²) in [5, 5.41) is 4.46. The minimum atomic E-state index is -0.310. The molecule has 0 amide bonds. The van der Waals surface area contributed by atoms with Crippen LogP contribution in [-0.4, -0.2) is 14.8 Å². The SMILES string of the molecule is Cl.N[C@H]1CCn2nc(-c3cc(C4CC4)ncc3F)cc21. The number of halogens is 2. The fourth-order valence-corrected chi connectivity index (χ4v) is 2.70. The maximum absolute atomic E-state index is 14.0. The van der Waals surface area contributed by atoms with E-state index in [9.17, 15) is 4.39 Å². The second-order valence-corrected chi connectivity index (χ2v) is 5.44. The van der Waals surface area contributed by atoms with E-state index in [1.54, 1.807) is 0 Å². The van der Waals surface area contributed by atoms with Gasteiger partial charge >= 0.3 is 0 Å². The van der Waals surface area contributed by atoms with Crippen LogP contribution < -0.4 is 5.73 Å². The van der Waals surface area contributed by atoms with Crippen molar-refractivity contribution in [2.75, 3.05) is 0 Å². The van der Waals surface area contributed by atoms with Crippen molar-refractivity contribution in [1.82, 2.24) is 14.8 Å². The lowest BCUT2D eigenvalue weighted by Crippen LogP contribution is -2.04. The Labute approximate surface area is 122 Å². The Kier molecular flexibility index (Phi) is 3.26. The van der Waals surface area contributed by atoms with Crippen LogP contribution in [0.4, 0.5) is 4.39 Å². The molecule has 20 heavy (non-hydrogen) atoms. The number of hydrogen-bond donors (Lipinski definition) is 1. The molecular formula is C14H16ClFN4. The summed E-state index contributed by atoms with van der Waals surface area (Å²) in [6, 6.07) is 3.78. The van der Waals surface area contributed by atoms with E-state index in [1.807, 2.05) is 16.8 Å². The van der Waals surface area contributed by atoms with E-state index in [-0.39, 0.29) is 24.3 Å². The third-order valence-corrected chi connectivity index (χ3v) is 3.99. The lowest BCUT2D eigenvalue weighted by Gasteiger charge is -2.03. The number of aryl methyl sites for hydroxylation is 1. The molecule has 106 valence electrons. The lowest BCUT2D eigenvalue weighted by atomic mass is 10.1. The first-order valence-electron chi connectivity index (χ1n) is 6.71. The highest BCUT2D eigenvalue weighted by atomic mass is 35.5. The molecular weight excluding hydrogens is 279 g/mol. The molecule has 0 saturated heterocycles. The zero-order valence-corrected chi connectivity index (χ0v) is 11.7. The van der Waals surface area contributed by atoms with Gasteiger partial charge in [0.25, 0.3) is 0 Å². The molecule has 1 saturated carbocycles. The van der Waals surface area contributed by atoms with Crippen LogP contribution in [0.3, 0.4) is 0 Å². The molecule has 1 fully saturated rings.